The Hall–Kier alpha value is -2.04. The number of halogens is 1. The van der Waals surface area contributed by atoms with E-state index in [1.54, 1.807) is 6.92 Å². The smallest absolute Gasteiger partial charge is 0.154 e. The van der Waals surface area contributed by atoms with Crippen molar-refractivity contribution < 1.29 is 9.18 Å². The summed E-state index contributed by atoms with van der Waals surface area (Å²) in [5.41, 5.74) is 1.30. The molecule has 0 aliphatic heterocycles. The molecule has 0 amide bonds. The van der Waals surface area contributed by atoms with Gasteiger partial charge in [-0.25, -0.2) is 4.39 Å². The molecule has 0 saturated carbocycles. The van der Waals surface area contributed by atoms with E-state index >= 15 is 0 Å². The molecule has 1 N–H and O–H groups in total. The predicted molar refractivity (Wildman–Crippen MR) is 51.9 cm³/mol. The molecule has 5 heteroatoms. The summed E-state index contributed by atoms with van der Waals surface area (Å²) in [4.78, 5) is 14.6. The lowest BCUT2D eigenvalue weighted by Gasteiger charge is -1.98. The van der Waals surface area contributed by atoms with Crippen molar-refractivity contribution in [3.63, 3.8) is 0 Å². The van der Waals surface area contributed by atoms with E-state index in [-0.39, 0.29) is 5.69 Å². The Balaban J connectivity index is 2.64. The fraction of sp³-hybridized carbons (Fsp3) is 0.100. The molecule has 0 aliphatic rings. The summed E-state index contributed by atoms with van der Waals surface area (Å²) < 4.78 is 13.4. The Labute approximate surface area is 85.2 Å². The lowest BCUT2D eigenvalue weighted by molar-refractivity contribution is 0.112. The van der Waals surface area contributed by atoms with E-state index in [2.05, 4.69) is 15.2 Å². The van der Waals surface area contributed by atoms with Crippen molar-refractivity contribution >= 4 is 6.29 Å². The third-order valence-corrected chi connectivity index (χ3v) is 2.11. The molecule has 0 aliphatic carbocycles. The molecule has 76 valence electrons. The number of aldehydes is 1. The van der Waals surface area contributed by atoms with Crippen LogP contribution in [-0.4, -0.2) is 21.5 Å². The van der Waals surface area contributed by atoms with Crippen molar-refractivity contribution in [1.82, 2.24) is 15.2 Å². The highest BCUT2D eigenvalue weighted by atomic mass is 19.1. The van der Waals surface area contributed by atoms with Crippen LogP contribution in [0.15, 0.2) is 18.3 Å². The molecule has 0 aromatic carbocycles. The Morgan fingerprint density at radius 3 is 3.00 bits per heavy atom. The Bertz CT molecular complexity index is 507. The Kier molecular flexibility index (Phi) is 2.29. The molecular formula is C10H8FN3O. The first kappa shape index (κ1) is 9.51. The molecule has 0 fully saturated rings. The molecule has 0 unspecified atom stereocenters. The van der Waals surface area contributed by atoms with Crippen molar-refractivity contribution in [2.75, 3.05) is 0 Å². The Morgan fingerprint density at radius 1 is 1.53 bits per heavy atom. The van der Waals surface area contributed by atoms with E-state index in [1.165, 1.54) is 18.3 Å². The second kappa shape index (κ2) is 3.61. The summed E-state index contributed by atoms with van der Waals surface area (Å²) in [6.45, 7) is 1.67. The maximum absolute atomic E-state index is 13.4. The lowest BCUT2D eigenvalue weighted by Crippen LogP contribution is -1.92. The highest BCUT2D eigenvalue weighted by Gasteiger charge is 2.15. The van der Waals surface area contributed by atoms with Crippen molar-refractivity contribution in [1.29, 1.82) is 0 Å². The summed E-state index contributed by atoms with van der Waals surface area (Å²) >= 11 is 0. The predicted octanol–water partition coefficient (Wildman–Crippen LogP) is 1.73. The lowest BCUT2D eigenvalue weighted by atomic mass is 10.1. The number of aromatic nitrogens is 3. The molecule has 0 radical (unpaired) electrons. The minimum absolute atomic E-state index is 0.111. The number of carbonyl (C=O) groups excluding carboxylic acids is 1. The highest BCUT2D eigenvalue weighted by Crippen LogP contribution is 2.22. The van der Waals surface area contributed by atoms with Crippen LogP contribution in [0.3, 0.4) is 0 Å². The molecule has 15 heavy (non-hydrogen) atoms. The van der Waals surface area contributed by atoms with Crippen LogP contribution in [0, 0.1) is 12.7 Å². The minimum Gasteiger partial charge on any atom is -0.298 e. The number of H-pyrrole nitrogens is 1. The van der Waals surface area contributed by atoms with Crippen LogP contribution in [0.2, 0.25) is 0 Å². The van der Waals surface area contributed by atoms with Crippen molar-refractivity contribution in [2.45, 2.75) is 6.92 Å². The van der Waals surface area contributed by atoms with Crippen LogP contribution < -0.4 is 0 Å². The third kappa shape index (κ3) is 1.52. The van der Waals surface area contributed by atoms with Gasteiger partial charge in [-0.1, -0.05) is 0 Å². The Morgan fingerprint density at radius 2 is 2.33 bits per heavy atom. The number of nitrogens with zero attached hydrogens (tertiary/aromatic N) is 2. The van der Waals surface area contributed by atoms with E-state index in [4.69, 9.17) is 0 Å². The van der Waals surface area contributed by atoms with E-state index < -0.39 is 5.82 Å². The molecule has 0 bridgehead atoms. The van der Waals surface area contributed by atoms with Gasteiger partial charge < -0.3 is 0 Å². The fourth-order valence-corrected chi connectivity index (χ4v) is 1.34. The second-order valence-corrected chi connectivity index (χ2v) is 3.05. The van der Waals surface area contributed by atoms with Crippen LogP contribution in [0.5, 0.6) is 0 Å². The maximum Gasteiger partial charge on any atom is 0.154 e. The van der Waals surface area contributed by atoms with E-state index in [0.717, 1.165) is 0 Å². The zero-order valence-electron chi connectivity index (χ0n) is 7.99. The highest BCUT2D eigenvalue weighted by molar-refractivity contribution is 5.86. The van der Waals surface area contributed by atoms with Gasteiger partial charge in [0.25, 0.3) is 0 Å². The summed E-state index contributed by atoms with van der Waals surface area (Å²) in [6, 6.07) is 2.77. The number of aromatic amines is 1. The minimum atomic E-state index is -0.482. The average Bonchev–Trinajstić information content (AvgIpc) is 2.60. The number of carbonyl (C=O) groups is 1. The van der Waals surface area contributed by atoms with Gasteiger partial charge in [-0.2, -0.15) is 5.10 Å². The monoisotopic (exact) mass is 205 g/mol. The normalized spacial score (nSPS) is 10.3. The zero-order chi connectivity index (χ0) is 10.8. The SMILES string of the molecule is Cc1n[nH]c(-c2ncccc2F)c1C=O. The second-order valence-electron chi connectivity index (χ2n) is 3.05. The molecule has 2 aromatic rings. The number of hydrogen-bond acceptors (Lipinski definition) is 3. The number of nitrogens with one attached hydrogen (secondary N) is 1. The summed E-state index contributed by atoms with van der Waals surface area (Å²) in [5.74, 6) is -0.482. The molecule has 2 aromatic heterocycles. The van der Waals surface area contributed by atoms with E-state index in [1.807, 2.05) is 0 Å². The van der Waals surface area contributed by atoms with Gasteiger partial charge in [-0.15, -0.1) is 0 Å². The first-order chi connectivity index (χ1) is 7.24. The first-order valence-corrected chi connectivity index (χ1v) is 4.35. The van der Waals surface area contributed by atoms with Gasteiger partial charge in [-0.3, -0.25) is 14.9 Å². The first-order valence-electron chi connectivity index (χ1n) is 4.35. The standard InChI is InChI=1S/C10H8FN3O/c1-6-7(5-15)9(14-13-6)10-8(11)3-2-4-12-10/h2-5H,1H3,(H,13,14). The van der Waals surface area contributed by atoms with Crippen LogP contribution >= 0.6 is 0 Å². The van der Waals surface area contributed by atoms with Crippen LogP contribution in [-0.2, 0) is 0 Å². The summed E-state index contributed by atoms with van der Waals surface area (Å²) in [5, 5.41) is 6.44. The van der Waals surface area contributed by atoms with Crippen LogP contribution in [0.25, 0.3) is 11.4 Å². The van der Waals surface area contributed by atoms with E-state index in [0.29, 0.717) is 23.2 Å². The van der Waals surface area contributed by atoms with Gasteiger partial charge in [0.1, 0.15) is 5.69 Å². The average molecular weight is 205 g/mol. The maximum atomic E-state index is 13.4. The summed E-state index contributed by atoms with van der Waals surface area (Å²) in [7, 11) is 0. The third-order valence-electron chi connectivity index (χ3n) is 2.11. The van der Waals surface area contributed by atoms with Crippen LogP contribution in [0.1, 0.15) is 16.1 Å². The van der Waals surface area contributed by atoms with Gasteiger partial charge in [0.15, 0.2) is 12.1 Å². The molecular weight excluding hydrogens is 197 g/mol. The van der Waals surface area contributed by atoms with Crippen molar-refractivity contribution in [2.24, 2.45) is 0 Å². The van der Waals surface area contributed by atoms with Crippen molar-refractivity contribution in [3.8, 4) is 11.4 Å². The molecule has 0 spiro atoms. The number of hydrogen-bond donors (Lipinski definition) is 1. The quantitative estimate of drug-likeness (QED) is 0.759. The van der Waals surface area contributed by atoms with E-state index in [9.17, 15) is 9.18 Å². The number of pyridine rings is 1. The molecule has 4 nitrogen and oxygen atoms in total. The number of aryl methyl sites for hydroxylation is 1. The van der Waals surface area contributed by atoms with Crippen LogP contribution in [0.4, 0.5) is 4.39 Å². The largest absolute Gasteiger partial charge is 0.298 e. The number of rotatable bonds is 2. The topological polar surface area (TPSA) is 58.6 Å². The van der Waals surface area contributed by atoms with Gasteiger partial charge in [0.2, 0.25) is 0 Å². The molecule has 2 rings (SSSR count). The van der Waals surface area contributed by atoms with Gasteiger partial charge in [-0.05, 0) is 19.1 Å². The van der Waals surface area contributed by atoms with Gasteiger partial charge >= 0.3 is 0 Å². The van der Waals surface area contributed by atoms with Gasteiger partial charge in [0, 0.05) is 6.20 Å². The molecule has 0 atom stereocenters. The van der Waals surface area contributed by atoms with Crippen molar-refractivity contribution in [3.05, 3.63) is 35.4 Å². The summed E-state index contributed by atoms with van der Waals surface area (Å²) in [6.07, 6.45) is 2.10. The molecule has 0 saturated heterocycles. The van der Waals surface area contributed by atoms with Gasteiger partial charge in [0.05, 0.1) is 17.0 Å². The fourth-order valence-electron chi connectivity index (χ4n) is 1.34. The zero-order valence-corrected chi connectivity index (χ0v) is 7.99. The molecule has 2 heterocycles.